The van der Waals surface area contributed by atoms with Crippen LogP contribution in [-0.2, 0) is 11.6 Å². The normalized spacial score (nSPS) is 12.2. The van der Waals surface area contributed by atoms with Gasteiger partial charge in [0.2, 0.25) is 0 Å². The molecule has 0 unspecified atom stereocenters. The number of hydrogen-bond acceptors (Lipinski definition) is 2. The van der Waals surface area contributed by atoms with E-state index >= 15 is 0 Å². The van der Waals surface area contributed by atoms with E-state index in [0.29, 0.717) is 5.56 Å². The first-order valence-corrected chi connectivity index (χ1v) is 6.31. The van der Waals surface area contributed by atoms with Crippen molar-refractivity contribution < 1.29 is 13.2 Å². The van der Waals surface area contributed by atoms with Crippen molar-refractivity contribution in [2.75, 3.05) is 0 Å². The maximum absolute atomic E-state index is 12.8. The minimum Gasteiger partial charge on any atom is -0.272 e. The Bertz CT molecular complexity index is 683. The largest absolute Gasteiger partial charge is 0.434 e. The lowest BCUT2D eigenvalue weighted by Gasteiger charge is -2.18. The second-order valence-electron chi connectivity index (χ2n) is 5.76. The number of rotatable bonds is 1. The highest BCUT2D eigenvalue weighted by molar-refractivity contribution is 5.68. The third kappa shape index (κ3) is 2.92. The monoisotopic (exact) mass is 293 g/mol. The second-order valence-corrected chi connectivity index (χ2v) is 5.76. The van der Waals surface area contributed by atoms with Crippen molar-refractivity contribution >= 4 is 0 Å². The lowest BCUT2D eigenvalue weighted by molar-refractivity contribution is -0.141. The Morgan fingerprint density at radius 1 is 1.10 bits per heavy atom. The summed E-state index contributed by atoms with van der Waals surface area (Å²) >= 11 is 0. The molecule has 2 aromatic rings. The molecule has 0 saturated carbocycles. The van der Waals surface area contributed by atoms with Gasteiger partial charge in [-0.25, -0.2) is 0 Å². The smallest absolute Gasteiger partial charge is 0.272 e. The van der Waals surface area contributed by atoms with Gasteiger partial charge >= 0.3 is 6.18 Å². The number of halogens is 3. The summed E-state index contributed by atoms with van der Waals surface area (Å²) in [6.07, 6.45) is -4.62. The summed E-state index contributed by atoms with van der Waals surface area (Å²) in [6, 6.07) is 8.60. The van der Waals surface area contributed by atoms with Crippen LogP contribution in [0.4, 0.5) is 13.2 Å². The first-order chi connectivity index (χ1) is 9.64. The van der Waals surface area contributed by atoms with Gasteiger partial charge in [0, 0.05) is 5.56 Å². The molecule has 3 nitrogen and oxygen atoms in total. The van der Waals surface area contributed by atoms with Crippen LogP contribution in [0.15, 0.2) is 24.3 Å². The van der Waals surface area contributed by atoms with Crippen molar-refractivity contribution in [3.63, 3.8) is 0 Å². The molecule has 1 aromatic heterocycles. The maximum atomic E-state index is 12.8. The highest BCUT2D eigenvalue weighted by atomic mass is 19.4. The number of aromatic nitrogens is 2. The molecule has 21 heavy (non-hydrogen) atoms. The Kier molecular flexibility index (Phi) is 3.54. The zero-order valence-electron chi connectivity index (χ0n) is 11.8. The van der Waals surface area contributed by atoms with E-state index in [0.717, 1.165) is 5.56 Å². The number of nitrogens with zero attached hydrogens (tertiary/aromatic N) is 2. The van der Waals surface area contributed by atoms with Crippen LogP contribution in [-0.4, -0.2) is 10.2 Å². The van der Waals surface area contributed by atoms with Crippen molar-refractivity contribution in [1.82, 2.24) is 10.2 Å². The van der Waals surface area contributed by atoms with E-state index in [1.165, 1.54) is 0 Å². The van der Waals surface area contributed by atoms with Gasteiger partial charge in [-0.05, 0) is 11.0 Å². The molecule has 0 amide bonds. The van der Waals surface area contributed by atoms with Gasteiger partial charge in [-0.1, -0.05) is 45.0 Å². The molecule has 1 heterocycles. The number of nitrogens with one attached hydrogen (secondary N) is 1. The molecule has 0 bridgehead atoms. The molecule has 0 aliphatic rings. The van der Waals surface area contributed by atoms with Crippen LogP contribution >= 0.6 is 0 Å². The molecule has 2 rings (SSSR count). The molecule has 0 atom stereocenters. The summed E-state index contributed by atoms with van der Waals surface area (Å²) in [5, 5.41) is 14.5. The van der Waals surface area contributed by atoms with Crippen molar-refractivity contribution in [2.24, 2.45) is 0 Å². The van der Waals surface area contributed by atoms with Crippen molar-refractivity contribution in [2.45, 2.75) is 32.4 Å². The Morgan fingerprint density at radius 3 is 2.10 bits per heavy atom. The molecule has 0 saturated heterocycles. The summed E-state index contributed by atoms with van der Waals surface area (Å²) < 4.78 is 38.3. The fraction of sp³-hybridized carbons (Fsp3) is 0.333. The van der Waals surface area contributed by atoms with Gasteiger partial charge in [0.25, 0.3) is 0 Å². The SMILES string of the molecule is CC(C)(C)c1ccc(-c2n[nH]c(C(F)(F)F)c2C#N)cc1. The lowest BCUT2D eigenvalue weighted by Crippen LogP contribution is -2.10. The minimum absolute atomic E-state index is 0.0188. The fourth-order valence-electron chi connectivity index (χ4n) is 1.99. The first kappa shape index (κ1) is 15.1. The van der Waals surface area contributed by atoms with E-state index in [2.05, 4.69) is 5.10 Å². The number of hydrogen-bond donors (Lipinski definition) is 1. The quantitative estimate of drug-likeness (QED) is 0.853. The number of benzene rings is 1. The van der Waals surface area contributed by atoms with Gasteiger partial charge < -0.3 is 0 Å². The van der Waals surface area contributed by atoms with Crippen molar-refractivity contribution in [3.8, 4) is 17.3 Å². The third-order valence-electron chi connectivity index (χ3n) is 3.19. The molecule has 0 aliphatic heterocycles. The predicted molar refractivity (Wildman–Crippen MR) is 72.4 cm³/mol. The predicted octanol–water partition coefficient (Wildman–Crippen LogP) is 4.26. The Hall–Kier alpha value is -2.29. The maximum Gasteiger partial charge on any atom is 0.434 e. The summed E-state index contributed by atoms with van der Waals surface area (Å²) in [6.45, 7) is 6.12. The van der Waals surface area contributed by atoms with Crippen LogP contribution in [0.25, 0.3) is 11.3 Å². The Labute approximate surface area is 120 Å². The Balaban J connectivity index is 2.49. The third-order valence-corrected chi connectivity index (χ3v) is 3.19. The molecular weight excluding hydrogens is 279 g/mol. The standard InChI is InChI=1S/C15H14F3N3/c1-14(2,3)10-6-4-9(5-7-10)12-11(8-19)13(21-20-12)15(16,17)18/h4-7H,1-3H3,(H,20,21). The first-order valence-electron chi connectivity index (χ1n) is 6.31. The molecule has 110 valence electrons. The van der Waals surface area contributed by atoms with Gasteiger partial charge in [0.1, 0.15) is 17.3 Å². The van der Waals surface area contributed by atoms with Gasteiger partial charge in [-0.15, -0.1) is 0 Å². The molecular formula is C15H14F3N3. The van der Waals surface area contributed by atoms with E-state index in [-0.39, 0.29) is 11.1 Å². The molecule has 1 aromatic carbocycles. The van der Waals surface area contributed by atoms with Gasteiger partial charge in [-0.3, -0.25) is 5.10 Å². The van der Waals surface area contributed by atoms with Crippen molar-refractivity contribution in [3.05, 3.63) is 41.1 Å². The zero-order valence-corrected chi connectivity index (χ0v) is 11.8. The van der Waals surface area contributed by atoms with Gasteiger partial charge in [0.05, 0.1) is 0 Å². The highest BCUT2D eigenvalue weighted by Gasteiger charge is 2.37. The molecule has 1 N–H and O–H groups in total. The molecule has 6 heteroatoms. The number of aromatic amines is 1. The molecule has 0 fully saturated rings. The van der Waals surface area contributed by atoms with Crippen LogP contribution < -0.4 is 0 Å². The fourth-order valence-corrected chi connectivity index (χ4v) is 1.99. The van der Waals surface area contributed by atoms with Crippen LogP contribution in [0, 0.1) is 11.3 Å². The van der Waals surface area contributed by atoms with E-state index in [4.69, 9.17) is 5.26 Å². The topological polar surface area (TPSA) is 52.5 Å². The van der Waals surface area contributed by atoms with Crippen LogP contribution in [0.2, 0.25) is 0 Å². The molecule has 0 radical (unpaired) electrons. The number of nitriles is 1. The van der Waals surface area contributed by atoms with Crippen LogP contribution in [0.5, 0.6) is 0 Å². The van der Waals surface area contributed by atoms with Gasteiger partial charge in [0.15, 0.2) is 5.69 Å². The van der Waals surface area contributed by atoms with Crippen LogP contribution in [0.3, 0.4) is 0 Å². The Morgan fingerprint density at radius 2 is 1.67 bits per heavy atom. The number of alkyl halides is 3. The molecule has 0 aliphatic carbocycles. The zero-order chi connectivity index (χ0) is 15.8. The highest BCUT2D eigenvalue weighted by Crippen LogP contribution is 2.35. The van der Waals surface area contributed by atoms with E-state index in [1.54, 1.807) is 18.2 Å². The average molecular weight is 293 g/mol. The summed E-state index contributed by atoms with van der Waals surface area (Å²) in [5.74, 6) is 0. The van der Waals surface area contributed by atoms with Gasteiger partial charge in [-0.2, -0.15) is 23.5 Å². The lowest BCUT2D eigenvalue weighted by atomic mass is 9.86. The summed E-state index contributed by atoms with van der Waals surface area (Å²) in [5.41, 5.74) is -0.0990. The summed E-state index contributed by atoms with van der Waals surface area (Å²) in [4.78, 5) is 0. The minimum atomic E-state index is -4.62. The van der Waals surface area contributed by atoms with E-state index in [9.17, 15) is 13.2 Å². The van der Waals surface area contributed by atoms with Crippen LogP contribution in [0.1, 0.15) is 37.6 Å². The second kappa shape index (κ2) is 4.92. The molecule has 0 spiro atoms. The van der Waals surface area contributed by atoms with E-state index < -0.39 is 17.4 Å². The average Bonchev–Trinajstić information content (AvgIpc) is 2.81. The van der Waals surface area contributed by atoms with Crippen molar-refractivity contribution in [1.29, 1.82) is 5.26 Å². The van der Waals surface area contributed by atoms with E-state index in [1.807, 2.05) is 38.0 Å². The summed E-state index contributed by atoms with van der Waals surface area (Å²) in [7, 11) is 0. The number of H-pyrrole nitrogens is 1.